The second-order valence-corrected chi connectivity index (χ2v) is 3.98. The Morgan fingerprint density at radius 2 is 2.40 bits per heavy atom. The Balaban J connectivity index is 2.67. The molecule has 86 valence electrons. The summed E-state index contributed by atoms with van der Waals surface area (Å²) in [6.07, 6.45) is 3.08. The maximum Gasteiger partial charge on any atom is 0.233 e. The molecule has 0 bridgehead atoms. The first kappa shape index (κ1) is 11.8. The van der Waals surface area contributed by atoms with Gasteiger partial charge in [-0.15, -0.1) is 0 Å². The fraction of sp³-hybridized carbons (Fsp3) is 0.800. The molecule has 3 N–H and O–H groups in total. The summed E-state index contributed by atoms with van der Waals surface area (Å²) < 4.78 is 0. The first-order valence-corrected chi connectivity index (χ1v) is 5.39. The molecule has 0 radical (unpaired) electrons. The van der Waals surface area contributed by atoms with E-state index in [1.54, 1.807) is 6.92 Å². The van der Waals surface area contributed by atoms with Crippen LogP contribution in [0.15, 0.2) is 5.16 Å². The number of carbonyl (C=O) groups excluding carboxylic acids is 1. The summed E-state index contributed by atoms with van der Waals surface area (Å²) in [6, 6.07) is 0.325. The maximum atomic E-state index is 12.0. The Morgan fingerprint density at radius 3 is 2.93 bits per heavy atom. The second-order valence-electron chi connectivity index (χ2n) is 3.98. The Kier molecular flexibility index (Phi) is 3.94. The van der Waals surface area contributed by atoms with Crippen LogP contribution in [0.2, 0.25) is 0 Å². The highest BCUT2D eigenvalue weighted by Crippen LogP contribution is 2.21. The predicted molar refractivity (Wildman–Crippen MR) is 57.6 cm³/mol. The van der Waals surface area contributed by atoms with E-state index in [9.17, 15) is 4.79 Å². The molecule has 1 rings (SSSR count). The summed E-state index contributed by atoms with van der Waals surface area (Å²) in [5.74, 6) is -0.571. The first-order valence-electron chi connectivity index (χ1n) is 5.39. The normalized spacial score (nSPS) is 24.3. The van der Waals surface area contributed by atoms with Crippen molar-refractivity contribution in [1.82, 2.24) is 4.90 Å². The molecule has 0 aromatic rings. The Hall–Kier alpha value is -1.26. The zero-order valence-electron chi connectivity index (χ0n) is 9.31. The van der Waals surface area contributed by atoms with Crippen LogP contribution in [0.5, 0.6) is 0 Å². The number of hydrogen-bond acceptors (Lipinski definition) is 3. The molecule has 1 aliphatic rings. The molecule has 0 aliphatic carbocycles. The van der Waals surface area contributed by atoms with Crippen molar-refractivity contribution in [3.8, 4) is 0 Å². The van der Waals surface area contributed by atoms with Crippen molar-refractivity contribution in [2.75, 3.05) is 6.54 Å². The molecular weight excluding hydrogens is 194 g/mol. The molecule has 15 heavy (non-hydrogen) atoms. The quantitative estimate of drug-likeness (QED) is 0.314. The standard InChI is InChI=1S/C10H19N3O2/c1-3-8-5-4-6-13(8)10(14)7(2)9(11)12-15/h7-8,15H,3-6H2,1-2H3,(H2,11,12). The van der Waals surface area contributed by atoms with Crippen molar-refractivity contribution < 1.29 is 10.0 Å². The summed E-state index contributed by atoms with van der Waals surface area (Å²) >= 11 is 0. The number of oxime groups is 1. The fourth-order valence-corrected chi connectivity index (χ4v) is 2.01. The Morgan fingerprint density at radius 1 is 1.73 bits per heavy atom. The molecule has 1 amide bonds. The minimum absolute atomic E-state index is 0.0123. The van der Waals surface area contributed by atoms with E-state index < -0.39 is 5.92 Å². The molecule has 5 heteroatoms. The highest BCUT2D eigenvalue weighted by Gasteiger charge is 2.31. The lowest BCUT2D eigenvalue weighted by atomic mass is 10.1. The van der Waals surface area contributed by atoms with Gasteiger partial charge in [-0.2, -0.15) is 0 Å². The molecule has 2 unspecified atom stereocenters. The zero-order chi connectivity index (χ0) is 11.4. The number of rotatable bonds is 3. The van der Waals surface area contributed by atoms with E-state index in [4.69, 9.17) is 10.9 Å². The average molecular weight is 213 g/mol. The van der Waals surface area contributed by atoms with Crippen LogP contribution in [0.25, 0.3) is 0 Å². The van der Waals surface area contributed by atoms with Crippen LogP contribution < -0.4 is 5.73 Å². The molecule has 2 atom stereocenters. The molecule has 0 saturated carbocycles. The predicted octanol–water partition coefficient (Wildman–Crippen LogP) is 0.770. The van der Waals surface area contributed by atoms with E-state index in [-0.39, 0.29) is 11.7 Å². The number of nitrogens with two attached hydrogens (primary N) is 1. The van der Waals surface area contributed by atoms with E-state index >= 15 is 0 Å². The third-order valence-corrected chi connectivity index (χ3v) is 3.06. The van der Waals surface area contributed by atoms with Gasteiger partial charge in [0.25, 0.3) is 0 Å². The molecule has 5 nitrogen and oxygen atoms in total. The zero-order valence-corrected chi connectivity index (χ0v) is 9.31. The van der Waals surface area contributed by atoms with Crippen molar-refractivity contribution in [1.29, 1.82) is 0 Å². The van der Waals surface area contributed by atoms with Crippen molar-refractivity contribution >= 4 is 11.7 Å². The Labute approximate surface area is 89.9 Å². The largest absolute Gasteiger partial charge is 0.409 e. The molecule has 0 aromatic heterocycles. The number of carbonyl (C=O) groups is 1. The van der Waals surface area contributed by atoms with Gasteiger partial charge in [0.05, 0.1) is 5.92 Å². The molecule has 1 aliphatic heterocycles. The molecule has 1 heterocycles. The monoisotopic (exact) mass is 213 g/mol. The van der Waals surface area contributed by atoms with Gasteiger partial charge in [-0.1, -0.05) is 12.1 Å². The van der Waals surface area contributed by atoms with Crippen LogP contribution >= 0.6 is 0 Å². The molecule has 0 spiro atoms. The minimum atomic E-state index is -0.526. The van der Waals surface area contributed by atoms with Crippen LogP contribution in [-0.2, 0) is 4.79 Å². The maximum absolute atomic E-state index is 12.0. The second kappa shape index (κ2) is 5.00. The number of amidine groups is 1. The number of nitrogens with zero attached hydrogens (tertiary/aromatic N) is 2. The van der Waals surface area contributed by atoms with E-state index in [0.717, 1.165) is 25.8 Å². The Bertz CT molecular complexity index is 265. The molecule has 1 fully saturated rings. The van der Waals surface area contributed by atoms with Crippen molar-refractivity contribution in [3.63, 3.8) is 0 Å². The van der Waals surface area contributed by atoms with Gasteiger partial charge in [0.2, 0.25) is 5.91 Å². The van der Waals surface area contributed by atoms with Crippen LogP contribution in [-0.4, -0.2) is 34.4 Å². The van der Waals surface area contributed by atoms with E-state index in [1.807, 2.05) is 4.90 Å². The molecule has 1 saturated heterocycles. The van der Waals surface area contributed by atoms with Crippen molar-refractivity contribution in [3.05, 3.63) is 0 Å². The smallest absolute Gasteiger partial charge is 0.233 e. The fourth-order valence-electron chi connectivity index (χ4n) is 2.01. The van der Waals surface area contributed by atoms with Gasteiger partial charge in [0.15, 0.2) is 5.84 Å². The van der Waals surface area contributed by atoms with E-state index in [2.05, 4.69) is 12.1 Å². The lowest BCUT2D eigenvalue weighted by Crippen LogP contribution is -2.42. The SMILES string of the molecule is CCC1CCCN1C(=O)C(C)C(N)=NO. The van der Waals surface area contributed by atoms with Crippen molar-refractivity contribution in [2.45, 2.75) is 39.2 Å². The summed E-state index contributed by atoms with van der Waals surface area (Å²) in [6.45, 7) is 4.53. The summed E-state index contributed by atoms with van der Waals surface area (Å²) in [7, 11) is 0. The lowest BCUT2D eigenvalue weighted by Gasteiger charge is -2.26. The lowest BCUT2D eigenvalue weighted by molar-refractivity contribution is -0.133. The van der Waals surface area contributed by atoms with E-state index in [0.29, 0.717) is 6.04 Å². The third kappa shape index (κ3) is 2.40. The van der Waals surface area contributed by atoms with Crippen LogP contribution in [0.4, 0.5) is 0 Å². The van der Waals surface area contributed by atoms with Gasteiger partial charge < -0.3 is 15.8 Å². The number of amides is 1. The summed E-state index contributed by atoms with van der Waals surface area (Å²) in [5.41, 5.74) is 5.42. The van der Waals surface area contributed by atoms with Crippen LogP contribution in [0.1, 0.15) is 33.1 Å². The highest BCUT2D eigenvalue weighted by molar-refractivity contribution is 6.01. The van der Waals surface area contributed by atoms with Gasteiger partial charge in [-0.25, -0.2) is 0 Å². The van der Waals surface area contributed by atoms with Crippen LogP contribution in [0.3, 0.4) is 0 Å². The highest BCUT2D eigenvalue weighted by atomic mass is 16.4. The van der Waals surface area contributed by atoms with Gasteiger partial charge >= 0.3 is 0 Å². The van der Waals surface area contributed by atoms with Gasteiger partial charge in [-0.05, 0) is 26.2 Å². The third-order valence-electron chi connectivity index (χ3n) is 3.06. The average Bonchev–Trinajstić information content (AvgIpc) is 2.73. The van der Waals surface area contributed by atoms with Gasteiger partial charge in [0.1, 0.15) is 0 Å². The van der Waals surface area contributed by atoms with E-state index in [1.165, 1.54) is 0 Å². The summed E-state index contributed by atoms with van der Waals surface area (Å²) in [4.78, 5) is 13.8. The molecule has 0 aromatic carbocycles. The summed E-state index contributed by atoms with van der Waals surface area (Å²) in [5, 5.41) is 11.4. The van der Waals surface area contributed by atoms with Gasteiger partial charge in [-0.3, -0.25) is 4.79 Å². The minimum Gasteiger partial charge on any atom is -0.409 e. The van der Waals surface area contributed by atoms with Crippen molar-refractivity contribution in [2.24, 2.45) is 16.8 Å². The first-order chi connectivity index (χ1) is 7.11. The van der Waals surface area contributed by atoms with Gasteiger partial charge in [0, 0.05) is 12.6 Å². The van der Waals surface area contributed by atoms with Crippen LogP contribution in [0, 0.1) is 5.92 Å². The topological polar surface area (TPSA) is 78.9 Å². The number of likely N-dealkylation sites (tertiary alicyclic amines) is 1. The molecular formula is C10H19N3O2. The number of hydrogen-bond donors (Lipinski definition) is 2.